The largest absolute Gasteiger partial charge is 0.478 e. The number of aromatic carboxylic acids is 1. The molecule has 92 valence electrons. The average Bonchev–Trinajstić information content (AvgIpc) is 2.29. The lowest BCUT2D eigenvalue weighted by Gasteiger charge is -2.06. The number of aromatic nitrogens is 1. The van der Waals surface area contributed by atoms with Crippen molar-refractivity contribution >= 4 is 38.5 Å². The highest BCUT2D eigenvalue weighted by Crippen LogP contribution is 2.31. The lowest BCUT2D eigenvalue weighted by molar-refractivity contribution is -0.384. The molecule has 18 heavy (non-hydrogen) atoms. The third-order valence-corrected chi connectivity index (χ3v) is 3.38. The Hall–Kier alpha value is -2.02. The summed E-state index contributed by atoms with van der Waals surface area (Å²) in [7, 11) is 0. The number of fused-ring (bicyclic) bond motifs is 1. The number of nitrogens with zero attached hydrogens (tertiary/aromatic N) is 2. The van der Waals surface area contributed by atoms with E-state index in [0.29, 0.717) is 20.9 Å². The summed E-state index contributed by atoms with van der Waals surface area (Å²) in [5.74, 6) is -1.14. The molecule has 0 amide bonds. The number of hydrogen-bond acceptors (Lipinski definition) is 4. The molecule has 0 saturated heterocycles. The van der Waals surface area contributed by atoms with Crippen molar-refractivity contribution in [1.82, 2.24) is 4.98 Å². The molecule has 1 aromatic carbocycles. The van der Waals surface area contributed by atoms with Gasteiger partial charge in [-0.05, 0) is 28.4 Å². The number of benzene rings is 1. The minimum absolute atomic E-state index is 0.0256. The van der Waals surface area contributed by atoms with Crippen LogP contribution in [0.2, 0.25) is 0 Å². The summed E-state index contributed by atoms with van der Waals surface area (Å²) in [6.45, 7) is 1.69. The fourth-order valence-electron chi connectivity index (χ4n) is 1.68. The Morgan fingerprint density at radius 1 is 1.50 bits per heavy atom. The topological polar surface area (TPSA) is 93.3 Å². The van der Waals surface area contributed by atoms with E-state index in [-0.39, 0.29) is 11.3 Å². The van der Waals surface area contributed by atoms with Crippen molar-refractivity contribution in [3.63, 3.8) is 0 Å². The van der Waals surface area contributed by atoms with E-state index in [1.165, 1.54) is 18.3 Å². The fraction of sp³-hybridized carbons (Fsp3) is 0.0909. The summed E-state index contributed by atoms with van der Waals surface area (Å²) in [6, 6.07) is 2.72. The van der Waals surface area contributed by atoms with Crippen LogP contribution in [-0.2, 0) is 0 Å². The molecule has 1 aromatic heterocycles. The van der Waals surface area contributed by atoms with Crippen LogP contribution in [-0.4, -0.2) is 21.0 Å². The Morgan fingerprint density at radius 2 is 2.17 bits per heavy atom. The molecule has 0 atom stereocenters. The van der Waals surface area contributed by atoms with Gasteiger partial charge in [0, 0.05) is 28.2 Å². The number of carboxylic acids is 1. The van der Waals surface area contributed by atoms with E-state index in [9.17, 15) is 14.9 Å². The molecule has 1 heterocycles. The molecular weight excluding hydrogens is 304 g/mol. The first-order chi connectivity index (χ1) is 8.41. The van der Waals surface area contributed by atoms with E-state index >= 15 is 0 Å². The number of nitro benzene ring substituents is 1. The van der Waals surface area contributed by atoms with Gasteiger partial charge in [0.15, 0.2) is 0 Å². The van der Waals surface area contributed by atoms with E-state index in [2.05, 4.69) is 20.9 Å². The number of non-ortho nitro benzene ring substituents is 1. The SMILES string of the molecule is Cc1cc([N+](=O)[O-])cc2c(Br)c(C(=O)O)cnc12. The summed E-state index contributed by atoms with van der Waals surface area (Å²) in [6.07, 6.45) is 1.23. The van der Waals surface area contributed by atoms with Crippen molar-refractivity contribution in [2.75, 3.05) is 0 Å². The van der Waals surface area contributed by atoms with Crippen LogP contribution in [0.5, 0.6) is 0 Å². The van der Waals surface area contributed by atoms with Gasteiger partial charge in [-0.1, -0.05) is 0 Å². The van der Waals surface area contributed by atoms with Crippen LogP contribution >= 0.6 is 15.9 Å². The maximum absolute atomic E-state index is 11.0. The van der Waals surface area contributed by atoms with Crippen LogP contribution in [0, 0.1) is 17.0 Å². The Labute approximate surface area is 110 Å². The molecule has 0 unspecified atom stereocenters. The Kier molecular flexibility index (Phi) is 3.00. The van der Waals surface area contributed by atoms with Gasteiger partial charge < -0.3 is 5.11 Å². The second-order valence-corrected chi connectivity index (χ2v) is 4.50. The normalized spacial score (nSPS) is 10.6. The Balaban J connectivity index is 2.87. The molecule has 7 heteroatoms. The van der Waals surface area contributed by atoms with Gasteiger partial charge in [0.2, 0.25) is 0 Å². The van der Waals surface area contributed by atoms with Crippen LogP contribution in [0.25, 0.3) is 10.9 Å². The summed E-state index contributed by atoms with van der Waals surface area (Å²) in [5, 5.41) is 20.2. The highest BCUT2D eigenvalue weighted by atomic mass is 79.9. The molecule has 2 rings (SSSR count). The number of hydrogen-bond donors (Lipinski definition) is 1. The first kappa shape index (κ1) is 12.4. The number of carboxylic acid groups (broad SMARTS) is 1. The molecular formula is C11H7BrN2O4. The predicted molar refractivity (Wildman–Crippen MR) is 67.8 cm³/mol. The maximum atomic E-state index is 11.0. The molecule has 0 aliphatic heterocycles. The van der Waals surface area contributed by atoms with Crippen LogP contribution in [0.4, 0.5) is 5.69 Å². The lowest BCUT2D eigenvalue weighted by atomic mass is 10.1. The first-order valence-corrected chi connectivity index (χ1v) is 5.67. The summed E-state index contributed by atoms with van der Waals surface area (Å²) >= 11 is 3.16. The molecule has 0 fully saturated rings. The van der Waals surface area contributed by atoms with Gasteiger partial charge in [0.25, 0.3) is 5.69 Å². The van der Waals surface area contributed by atoms with E-state index < -0.39 is 10.9 Å². The third kappa shape index (κ3) is 1.92. The number of rotatable bonds is 2. The first-order valence-electron chi connectivity index (χ1n) is 4.88. The average molecular weight is 311 g/mol. The minimum atomic E-state index is -1.14. The van der Waals surface area contributed by atoms with Crippen molar-refractivity contribution in [3.8, 4) is 0 Å². The third-order valence-electron chi connectivity index (χ3n) is 2.52. The van der Waals surface area contributed by atoms with Gasteiger partial charge >= 0.3 is 5.97 Å². The highest BCUT2D eigenvalue weighted by molar-refractivity contribution is 9.10. The molecule has 0 bridgehead atoms. The monoisotopic (exact) mass is 310 g/mol. The highest BCUT2D eigenvalue weighted by Gasteiger charge is 2.17. The molecule has 1 N–H and O–H groups in total. The van der Waals surface area contributed by atoms with Gasteiger partial charge in [-0.3, -0.25) is 15.1 Å². The number of pyridine rings is 1. The zero-order chi connectivity index (χ0) is 13.4. The zero-order valence-electron chi connectivity index (χ0n) is 9.18. The fourth-order valence-corrected chi connectivity index (χ4v) is 2.26. The summed E-state index contributed by atoms with van der Waals surface area (Å²) in [4.78, 5) is 25.3. The number of carbonyl (C=O) groups is 1. The van der Waals surface area contributed by atoms with Gasteiger partial charge in [0.05, 0.1) is 16.0 Å². The van der Waals surface area contributed by atoms with Gasteiger partial charge in [-0.2, -0.15) is 0 Å². The molecule has 0 spiro atoms. The molecule has 0 aliphatic rings. The van der Waals surface area contributed by atoms with Crippen LogP contribution in [0.1, 0.15) is 15.9 Å². The van der Waals surface area contributed by atoms with E-state index in [0.717, 1.165) is 0 Å². The van der Waals surface area contributed by atoms with Crippen LogP contribution in [0.15, 0.2) is 22.8 Å². The molecule has 0 radical (unpaired) electrons. The van der Waals surface area contributed by atoms with Gasteiger partial charge in [-0.25, -0.2) is 4.79 Å². The zero-order valence-corrected chi connectivity index (χ0v) is 10.8. The van der Waals surface area contributed by atoms with E-state index in [1.54, 1.807) is 6.92 Å². The van der Waals surface area contributed by atoms with Gasteiger partial charge in [-0.15, -0.1) is 0 Å². The predicted octanol–water partition coefficient (Wildman–Crippen LogP) is 2.91. The molecule has 0 aliphatic carbocycles. The minimum Gasteiger partial charge on any atom is -0.478 e. The standard InChI is InChI=1S/C11H7BrN2O4/c1-5-2-6(14(17)18)3-7-9(12)8(11(15)16)4-13-10(5)7/h2-4H,1H3,(H,15,16). The number of halogens is 1. The summed E-state index contributed by atoms with van der Waals surface area (Å²) in [5.41, 5.74) is 1.04. The van der Waals surface area contributed by atoms with Gasteiger partial charge in [0.1, 0.15) is 0 Å². The number of nitro groups is 1. The second-order valence-electron chi connectivity index (χ2n) is 3.71. The number of aryl methyl sites for hydroxylation is 1. The van der Waals surface area contributed by atoms with Crippen molar-refractivity contribution < 1.29 is 14.8 Å². The molecule has 6 nitrogen and oxygen atoms in total. The van der Waals surface area contributed by atoms with Crippen LogP contribution in [0.3, 0.4) is 0 Å². The van der Waals surface area contributed by atoms with Crippen LogP contribution < -0.4 is 0 Å². The van der Waals surface area contributed by atoms with Crippen molar-refractivity contribution in [2.24, 2.45) is 0 Å². The smallest absolute Gasteiger partial charge is 0.338 e. The van der Waals surface area contributed by atoms with E-state index in [1.807, 2.05) is 0 Å². The Bertz CT molecular complexity index is 684. The quantitative estimate of drug-likeness (QED) is 0.680. The Morgan fingerprint density at radius 3 is 2.72 bits per heavy atom. The van der Waals surface area contributed by atoms with E-state index in [4.69, 9.17) is 5.11 Å². The van der Waals surface area contributed by atoms with Crippen molar-refractivity contribution in [2.45, 2.75) is 6.92 Å². The molecule has 0 saturated carbocycles. The maximum Gasteiger partial charge on any atom is 0.338 e. The molecule has 2 aromatic rings. The summed E-state index contributed by atoms with van der Waals surface area (Å²) < 4.78 is 0.298. The van der Waals surface area contributed by atoms with Crippen molar-refractivity contribution in [1.29, 1.82) is 0 Å². The second kappa shape index (κ2) is 4.34. The lowest BCUT2D eigenvalue weighted by Crippen LogP contribution is -2.00. The van der Waals surface area contributed by atoms with Crippen molar-refractivity contribution in [3.05, 3.63) is 44.0 Å².